The van der Waals surface area contributed by atoms with Crippen molar-refractivity contribution in [3.05, 3.63) is 35.9 Å². The van der Waals surface area contributed by atoms with Crippen LogP contribution in [0.15, 0.2) is 30.3 Å². The molecular formula is C21H32N2O2. The lowest BCUT2D eigenvalue weighted by molar-refractivity contribution is -0.134. The Hall–Kier alpha value is -1.39. The van der Waals surface area contributed by atoms with Crippen LogP contribution in [0.1, 0.15) is 44.6 Å². The molecule has 0 aromatic heterocycles. The van der Waals surface area contributed by atoms with Crippen LogP contribution in [-0.4, -0.2) is 43.2 Å². The summed E-state index contributed by atoms with van der Waals surface area (Å²) in [4.78, 5) is 15.1. The third-order valence-electron chi connectivity index (χ3n) is 5.70. The van der Waals surface area contributed by atoms with Gasteiger partial charge in [0.15, 0.2) is 0 Å². The molecule has 4 nitrogen and oxygen atoms in total. The Balaban J connectivity index is 1.60. The molecule has 1 N–H and O–H groups in total. The van der Waals surface area contributed by atoms with Crippen LogP contribution in [0.25, 0.3) is 0 Å². The van der Waals surface area contributed by atoms with Crippen molar-refractivity contribution in [3.8, 4) is 0 Å². The number of carbonyl (C=O) groups excluding carboxylic acids is 1. The minimum atomic E-state index is 0.210. The number of rotatable bonds is 7. The summed E-state index contributed by atoms with van der Waals surface area (Å²) < 4.78 is 5.79. The second kappa shape index (κ2) is 9.35. The van der Waals surface area contributed by atoms with Crippen molar-refractivity contribution >= 4 is 5.91 Å². The molecule has 138 valence electrons. The third-order valence-corrected chi connectivity index (χ3v) is 5.70. The maximum Gasteiger partial charge on any atom is 0.223 e. The third kappa shape index (κ3) is 5.55. The van der Waals surface area contributed by atoms with Crippen LogP contribution >= 0.6 is 0 Å². The molecule has 0 aliphatic carbocycles. The summed E-state index contributed by atoms with van der Waals surface area (Å²) >= 11 is 0. The van der Waals surface area contributed by atoms with Crippen LogP contribution in [0, 0.1) is 11.8 Å². The first-order valence-corrected chi connectivity index (χ1v) is 9.86. The summed E-state index contributed by atoms with van der Waals surface area (Å²) in [5.74, 6) is 1.41. The van der Waals surface area contributed by atoms with Gasteiger partial charge in [-0.25, -0.2) is 0 Å². The summed E-state index contributed by atoms with van der Waals surface area (Å²) in [6.45, 7) is 6.69. The standard InChI is InChI=1S/C21H32N2O2/c1-17(19-9-11-22-12-10-19)14-21(24)23(16-20-8-5-13-25-20)15-18-6-3-2-4-7-18/h2-4,6-7,17,19-20,22H,5,8-16H2,1H3. The van der Waals surface area contributed by atoms with E-state index in [2.05, 4.69) is 24.4 Å². The normalized spacial score (nSPS) is 22.7. The van der Waals surface area contributed by atoms with Crippen LogP contribution in [0.4, 0.5) is 0 Å². The van der Waals surface area contributed by atoms with Gasteiger partial charge in [0.25, 0.3) is 0 Å². The van der Waals surface area contributed by atoms with Gasteiger partial charge in [0.2, 0.25) is 5.91 Å². The lowest BCUT2D eigenvalue weighted by Gasteiger charge is -2.31. The molecule has 2 atom stereocenters. The first-order valence-electron chi connectivity index (χ1n) is 9.86. The Morgan fingerprint density at radius 3 is 2.68 bits per heavy atom. The van der Waals surface area contributed by atoms with E-state index in [4.69, 9.17) is 4.74 Å². The van der Waals surface area contributed by atoms with Crippen LogP contribution in [0.2, 0.25) is 0 Å². The number of carbonyl (C=O) groups is 1. The maximum absolute atomic E-state index is 13.0. The van der Waals surface area contributed by atoms with Gasteiger partial charge >= 0.3 is 0 Å². The number of amides is 1. The molecule has 2 aliphatic heterocycles. The topological polar surface area (TPSA) is 41.6 Å². The fraction of sp³-hybridized carbons (Fsp3) is 0.667. The van der Waals surface area contributed by atoms with Gasteiger partial charge in [-0.05, 0) is 56.2 Å². The molecular weight excluding hydrogens is 312 g/mol. The second-order valence-corrected chi connectivity index (χ2v) is 7.66. The monoisotopic (exact) mass is 344 g/mol. The van der Waals surface area contributed by atoms with Crippen molar-refractivity contribution in [3.63, 3.8) is 0 Å². The molecule has 2 unspecified atom stereocenters. The van der Waals surface area contributed by atoms with E-state index in [1.807, 2.05) is 23.1 Å². The van der Waals surface area contributed by atoms with E-state index in [1.165, 1.54) is 18.4 Å². The highest BCUT2D eigenvalue weighted by Crippen LogP contribution is 2.26. The molecule has 2 aliphatic rings. The molecule has 2 fully saturated rings. The van der Waals surface area contributed by atoms with Crippen molar-refractivity contribution in [2.24, 2.45) is 11.8 Å². The predicted octanol–water partition coefficient (Wildman–Crippen LogP) is 3.22. The summed E-state index contributed by atoms with van der Waals surface area (Å²) in [7, 11) is 0. The lowest BCUT2D eigenvalue weighted by atomic mass is 9.84. The van der Waals surface area contributed by atoms with E-state index in [-0.39, 0.29) is 12.0 Å². The molecule has 2 saturated heterocycles. The Bertz CT molecular complexity index is 522. The molecule has 0 saturated carbocycles. The molecule has 0 bridgehead atoms. The molecule has 3 rings (SSSR count). The summed E-state index contributed by atoms with van der Waals surface area (Å²) in [6.07, 6.45) is 5.44. The van der Waals surface area contributed by atoms with Gasteiger partial charge in [-0.2, -0.15) is 0 Å². The lowest BCUT2D eigenvalue weighted by Crippen LogP contribution is -2.39. The summed E-state index contributed by atoms with van der Waals surface area (Å²) in [5.41, 5.74) is 1.20. The van der Waals surface area contributed by atoms with Crippen LogP contribution < -0.4 is 5.32 Å². The van der Waals surface area contributed by atoms with E-state index in [0.717, 1.165) is 39.1 Å². The summed E-state index contributed by atoms with van der Waals surface area (Å²) in [6, 6.07) is 10.3. The van der Waals surface area contributed by atoms with Gasteiger partial charge in [-0.3, -0.25) is 4.79 Å². The van der Waals surface area contributed by atoms with Crippen LogP contribution in [0.5, 0.6) is 0 Å². The Morgan fingerprint density at radius 1 is 1.24 bits per heavy atom. The smallest absolute Gasteiger partial charge is 0.223 e. The predicted molar refractivity (Wildman–Crippen MR) is 100 cm³/mol. The number of piperidine rings is 1. The minimum absolute atomic E-state index is 0.210. The van der Waals surface area contributed by atoms with Gasteiger partial charge < -0.3 is 15.0 Å². The largest absolute Gasteiger partial charge is 0.376 e. The Kier molecular flexibility index (Phi) is 6.88. The number of hydrogen-bond acceptors (Lipinski definition) is 3. The quantitative estimate of drug-likeness (QED) is 0.826. The molecule has 1 amide bonds. The van der Waals surface area contributed by atoms with E-state index >= 15 is 0 Å². The van der Waals surface area contributed by atoms with Gasteiger partial charge in [-0.15, -0.1) is 0 Å². The highest BCUT2D eigenvalue weighted by atomic mass is 16.5. The Labute approximate surface area is 151 Å². The zero-order valence-electron chi connectivity index (χ0n) is 15.5. The molecule has 0 spiro atoms. The van der Waals surface area contributed by atoms with Gasteiger partial charge in [0.05, 0.1) is 6.10 Å². The highest BCUT2D eigenvalue weighted by molar-refractivity contribution is 5.76. The van der Waals surface area contributed by atoms with Crippen molar-refractivity contribution in [1.29, 1.82) is 0 Å². The average Bonchev–Trinajstić information content (AvgIpc) is 3.16. The Morgan fingerprint density at radius 2 is 2.00 bits per heavy atom. The molecule has 2 heterocycles. The molecule has 1 aromatic carbocycles. The van der Waals surface area contributed by atoms with Crippen molar-refractivity contribution in [2.45, 2.75) is 51.7 Å². The molecule has 4 heteroatoms. The minimum Gasteiger partial charge on any atom is -0.376 e. The first kappa shape index (κ1) is 18.4. The zero-order valence-corrected chi connectivity index (χ0v) is 15.5. The maximum atomic E-state index is 13.0. The zero-order chi connectivity index (χ0) is 17.5. The van der Waals surface area contributed by atoms with Crippen molar-refractivity contribution < 1.29 is 9.53 Å². The van der Waals surface area contributed by atoms with E-state index in [1.54, 1.807) is 0 Å². The van der Waals surface area contributed by atoms with E-state index in [9.17, 15) is 4.79 Å². The highest BCUT2D eigenvalue weighted by Gasteiger charge is 2.27. The summed E-state index contributed by atoms with van der Waals surface area (Å²) in [5, 5.41) is 3.41. The SMILES string of the molecule is CC(CC(=O)N(Cc1ccccc1)CC1CCCO1)C1CCNCC1. The number of ether oxygens (including phenoxy) is 1. The second-order valence-electron chi connectivity index (χ2n) is 7.66. The van der Waals surface area contributed by atoms with E-state index < -0.39 is 0 Å². The van der Waals surface area contributed by atoms with Crippen LogP contribution in [-0.2, 0) is 16.1 Å². The van der Waals surface area contributed by atoms with Crippen LogP contribution in [0.3, 0.4) is 0 Å². The number of benzene rings is 1. The van der Waals surface area contributed by atoms with Gasteiger partial charge in [0.1, 0.15) is 0 Å². The van der Waals surface area contributed by atoms with Gasteiger partial charge in [0, 0.05) is 26.1 Å². The number of nitrogens with one attached hydrogen (secondary N) is 1. The van der Waals surface area contributed by atoms with E-state index in [0.29, 0.717) is 24.8 Å². The number of hydrogen-bond donors (Lipinski definition) is 1. The first-order chi connectivity index (χ1) is 12.2. The fourth-order valence-electron chi connectivity index (χ4n) is 4.08. The fourth-order valence-corrected chi connectivity index (χ4v) is 4.08. The molecule has 1 aromatic rings. The molecule has 25 heavy (non-hydrogen) atoms. The van der Waals surface area contributed by atoms with Crippen molar-refractivity contribution in [2.75, 3.05) is 26.2 Å². The van der Waals surface area contributed by atoms with Crippen molar-refractivity contribution in [1.82, 2.24) is 10.2 Å². The molecule has 0 radical (unpaired) electrons. The number of nitrogens with zero attached hydrogens (tertiary/aromatic N) is 1. The average molecular weight is 344 g/mol. The van der Waals surface area contributed by atoms with Gasteiger partial charge in [-0.1, -0.05) is 37.3 Å².